The third-order valence-electron chi connectivity index (χ3n) is 8.19. The molecule has 16 heteroatoms. The van der Waals surface area contributed by atoms with Crippen LogP contribution in [0.1, 0.15) is 42.5 Å². The maximum absolute atomic E-state index is 13.4. The van der Waals surface area contributed by atoms with Gasteiger partial charge in [0.25, 0.3) is 0 Å². The Morgan fingerprint density at radius 1 is 1.02 bits per heavy atom. The highest BCUT2D eigenvalue weighted by molar-refractivity contribution is 7.98. The average Bonchev–Trinajstić information content (AvgIpc) is 3.50. The monoisotopic (exact) mass is 776 g/mol. The highest BCUT2D eigenvalue weighted by Crippen LogP contribution is 2.37. The summed E-state index contributed by atoms with van der Waals surface area (Å²) in [4.78, 5) is 32.4. The lowest BCUT2D eigenvalue weighted by Crippen LogP contribution is -2.48. The van der Waals surface area contributed by atoms with Crippen LogP contribution in [0.4, 0.5) is 18.9 Å². The normalized spacial score (nSPS) is 14.9. The molecule has 0 spiro atoms. The van der Waals surface area contributed by atoms with Crippen LogP contribution in [0.15, 0.2) is 76.5 Å². The number of amides is 1. The second-order valence-corrected chi connectivity index (χ2v) is 16.1. The first-order chi connectivity index (χ1) is 24.6. The van der Waals surface area contributed by atoms with Gasteiger partial charge < -0.3 is 14.8 Å². The van der Waals surface area contributed by atoms with Gasteiger partial charge in [-0.1, -0.05) is 12.1 Å². The number of hydrogen-bond acceptors (Lipinski definition) is 10. The Bertz CT molecular complexity index is 1980. The first-order valence-corrected chi connectivity index (χ1v) is 19.7. The van der Waals surface area contributed by atoms with E-state index in [2.05, 4.69) is 10.2 Å². The van der Waals surface area contributed by atoms with Crippen LogP contribution >= 0.6 is 23.1 Å². The number of sulfonamides is 1. The molecular formula is C36H39F3N4O6S3. The number of carbonyl (C=O) groups is 2. The number of aryl methyl sites for hydroxylation is 1. The average molecular weight is 777 g/mol. The molecule has 0 aliphatic carbocycles. The van der Waals surface area contributed by atoms with Crippen LogP contribution in [0.2, 0.25) is 0 Å². The number of thioether (sulfide) groups is 1. The zero-order valence-electron chi connectivity index (χ0n) is 29.0. The van der Waals surface area contributed by atoms with Gasteiger partial charge in [-0.05, 0) is 80.9 Å². The van der Waals surface area contributed by atoms with Crippen LogP contribution in [-0.2, 0) is 42.8 Å². The lowest BCUT2D eigenvalue weighted by molar-refractivity contribution is -0.150. The molecule has 1 aromatic heterocycles. The summed E-state index contributed by atoms with van der Waals surface area (Å²) in [6.45, 7) is 8.75. The molecule has 278 valence electrons. The molecule has 52 heavy (non-hydrogen) atoms. The summed E-state index contributed by atoms with van der Waals surface area (Å²) in [5, 5.41) is 3.22. The van der Waals surface area contributed by atoms with Gasteiger partial charge in [-0.15, -0.1) is 23.1 Å². The van der Waals surface area contributed by atoms with E-state index in [-0.39, 0.29) is 30.5 Å². The molecule has 1 amide bonds. The fraction of sp³-hybridized carbons (Fsp3) is 0.361. The molecule has 0 radical (unpaired) electrons. The van der Waals surface area contributed by atoms with Crippen molar-refractivity contribution < 1.29 is 40.7 Å². The Morgan fingerprint density at radius 2 is 1.69 bits per heavy atom. The highest BCUT2D eigenvalue weighted by atomic mass is 32.2. The maximum atomic E-state index is 13.4. The standard InChI is InChI=1S/C36H39F3N4O6S3/c1-5-48-35(45)24(3)49-32-15-12-29(20-23(32)2)50-22-33-31(41-34(51-33)26-6-8-27(9-7-26)36(37,38)39)21-42-16-18-43(19-17-42)52(46,47)30-13-10-28(11-14-30)40-25(4)44/h6-15,20,24H,5,16-19,21-22H2,1-4H3,(H,40,44). The largest absolute Gasteiger partial charge is 0.479 e. The smallest absolute Gasteiger partial charge is 0.416 e. The number of hydrogen-bond donors (Lipinski definition) is 1. The number of esters is 1. The minimum Gasteiger partial charge on any atom is -0.479 e. The number of nitrogens with zero attached hydrogens (tertiary/aromatic N) is 3. The van der Waals surface area contributed by atoms with E-state index in [1.165, 1.54) is 46.8 Å². The molecule has 0 bridgehead atoms. The predicted molar refractivity (Wildman–Crippen MR) is 195 cm³/mol. The minimum absolute atomic E-state index is 0.137. The summed E-state index contributed by atoms with van der Waals surface area (Å²) in [6.07, 6.45) is -5.21. The van der Waals surface area contributed by atoms with Crippen LogP contribution < -0.4 is 10.1 Å². The molecular weight excluding hydrogens is 738 g/mol. The zero-order valence-corrected chi connectivity index (χ0v) is 31.5. The van der Waals surface area contributed by atoms with Crippen molar-refractivity contribution in [2.45, 2.75) is 62.1 Å². The Balaban J connectivity index is 1.30. The van der Waals surface area contributed by atoms with E-state index in [1.807, 2.05) is 19.1 Å². The van der Waals surface area contributed by atoms with Crippen LogP contribution in [0.3, 0.4) is 0 Å². The summed E-state index contributed by atoms with van der Waals surface area (Å²) in [5.41, 5.74) is 1.96. The van der Waals surface area contributed by atoms with E-state index in [9.17, 15) is 31.2 Å². The van der Waals surface area contributed by atoms with E-state index in [4.69, 9.17) is 14.5 Å². The zero-order chi connectivity index (χ0) is 37.6. The third-order valence-corrected chi connectivity index (χ3v) is 12.5. The van der Waals surface area contributed by atoms with Crippen LogP contribution in [0, 0.1) is 6.92 Å². The van der Waals surface area contributed by atoms with Gasteiger partial charge in [-0.2, -0.15) is 17.5 Å². The summed E-state index contributed by atoms with van der Waals surface area (Å²) >= 11 is 2.99. The lowest BCUT2D eigenvalue weighted by Gasteiger charge is -2.33. The number of aromatic nitrogens is 1. The number of carbonyl (C=O) groups excluding carboxylic acids is 2. The molecule has 1 fully saturated rings. The Morgan fingerprint density at radius 3 is 2.29 bits per heavy atom. The van der Waals surface area contributed by atoms with Crippen molar-refractivity contribution in [1.29, 1.82) is 0 Å². The van der Waals surface area contributed by atoms with E-state index >= 15 is 0 Å². The number of alkyl halides is 3. The van der Waals surface area contributed by atoms with Crippen molar-refractivity contribution in [2.24, 2.45) is 0 Å². The Hall–Kier alpha value is -3.96. The summed E-state index contributed by atoms with van der Waals surface area (Å²) < 4.78 is 78.7. The number of benzene rings is 3. The van der Waals surface area contributed by atoms with Gasteiger partial charge in [-0.3, -0.25) is 9.69 Å². The number of nitrogens with one attached hydrogen (secondary N) is 1. The van der Waals surface area contributed by atoms with Crippen molar-refractivity contribution in [3.05, 3.63) is 88.4 Å². The third kappa shape index (κ3) is 9.92. The quantitative estimate of drug-likeness (QED) is 0.111. The molecule has 1 aliphatic heterocycles. The van der Waals surface area contributed by atoms with Crippen LogP contribution in [0.25, 0.3) is 10.6 Å². The minimum atomic E-state index is -4.45. The predicted octanol–water partition coefficient (Wildman–Crippen LogP) is 7.22. The number of rotatable bonds is 13. The van der Waals surface area contributed by atoms with Crippen LogP contribution in [0.5, 0.6) is 5.75 Å². The molecule has 1 saturated heterocycles. The molecule has 10 nitrogen and oxygen atoms in total. The van der Waals surface area contributed by atoms with Crippen molar-refractivity contribution in [1.82, 2.24) is 14.2 Å². The van der Waals surface area contributed by atoms with Crippen molar-refractivity contribution in [2.75, 3.05) is 38.1 Å². The highest BCUT2D eigenvalue weighted by Gasteiger charge is 2.31. The topological polar surface area (TPSA) is 118 Å². The van der Waals surface area contributed by atoms with E-state index in [0.29, 0.717) is 47.4 Å². The van der Waals surface area contributed by atoms with Crippen molar-refractivity contribution in [3.8, 4) is 16.3 Å². The van der Waals surface area contributed by atoms with Gasteiger partial charge in [-0.25, -0.2) is 18.2 Å². The van der Waals surface area contributed by atoms with Crippen LogP contribution in [-0.4, -0.2) is 73.4 Å². The van der Waals surface area contributed by atoms with Gasteiger partial charge in [0.15, 0.2) is 6.10 Å². The first-order valence-electron chi connectivity index (χ1n) is 16.5. The number of anilines is 1. The van der Waals surface area contributed by atoms with Gasteiger partial charge in [0, 0.05) is 66.4 Å². The number of ether oxygens (including phenoxy) is 2. The molecule has 2 heterocycles. The summed E-state index contributed by atoms with van der Waals surface area (Å²) in [7, 11) is -3.75. The van der Waals surface area contributed by atoms with Gasteiger partial charge >= 0.3 is 12.1 Å². The number of halogens is 3. The summed E-state index contributed by atoms with van der Waals surface area (Å²) in [6, 6.07) is 16.7. The van der Waals surface area contributed by atoms with Gasteiger partial charge in [0.2, 0.25) is 15.9 Å². The van der Waals surface area contributed by atoms with Crippen molar-refractivity contribution in [3.63, 3.8) is 0 Å². The molecule has 3 aromatic carbocycles. The molecule has 0 saturated carbocycles. The molecule has 1 aliphatic rings. The molecule has 1 unspecified atom stereocenters. The molecule has 4 aromatic rings. The van der Waals surface area contributed by atoms with E-state index in [0.717, 1.165) is 33.2 Å². The SMILES string of the molecule is CCOC(=O)C(C)Oc1ccc(SCc2sc(-c3ccc(C(F)(F)F)cc3)nc2CN2CCN(S(=O)(=O)c3ccc(NC(C)=O)cc3)CC2)cc1C. The molecule has 1 N–H and O–H groups in total. The fourth-order valence-electron chi connectivity index (χ4n) is 5.44. The Labute approximate surface area is 309 Å². The molecule has 1 atom stereocenters. The lowest BCUT2D eigenvalue weighted by atomic mass is 10.1. The van der Waals surface area contributed by atoms with Crippen molar-refractivity contribution >= 4 is 50.7 Å². The second kappa shape index (κ2) is 16.8. The second-order valence-electron chi connectivity index (χ2n) is 12.1. The first kappa shape index (κ1) is 39.3. The maximum Gasteiger partial charge on any atom is 0.416 e. The fourth-order valence-corrected chi connectivity index (χ4v) is 9.03. The van der Waals surface area contributed by atoms with Gasteiger partial charge in [0.1, 0.15) is 10.8 Å². The van der Waals surface area contributed by atoms with E-state index in [1.54, 1.807) is 43.8 Å². The number of piperazine rings is 1. The van der Waals surface area contributed by atoms with E-state index < -0.39 is 33.8 Å². The molecule has 5 rings (SSSR count). The van der Waals surface area contributed by atoms with Gasteiger partial charge in [0.05, 0.1) is 22.8 Å². The summed E-state index contributed by atoms with van der Waals surface area (Å²) in [5.74, 6) is 0.406. The number of thiazole rings is 1. The Kier molecular flexibility index (Phi) is 12.7.